The van der Waals surface area contributed by atoms with Crippen molar-refractivity contribution in [3.63, 3.8) is 0 Å². The highest BCUT2D eigenvalue weighted by molar-refractivity contribution is 6.01. The first kappa shape index (κ1) is 22.2. The molecule has 0 unspecified atom stereocenters. The van der Waals surface area contributed by atoms with Crippen LogP contribution in [0.2, 0.25) is 0 Å². The van der Waals surface area contributed by atoms with Gasteiger partial charge in [0.25, 0.3) is 5.91 Å². The minimum atomic E-state index is -1.01. The predicted octanol–water partition coefficient (Wildman–Crippen LogP) is 2.87. The summed E-state index contributed by atoms with van der Waals surface area (Å²) in [6.45, 7) is 2.51. The van der Waals surface area contributed by atoms with Crippen molar-refractivity contribution in [1.82, 2.24) is 20.3 Å². The van der Waals surface area contributed by atoms with Gasteiger partial charge >= 0.3 is 0 Å². The Labute approximate surface area is 190 Å². The Morgan fingerprint density at radius 1 is 1.12 bits per heavy atom. The molecule has 0 bridgehead atoms. The summed E-state index contributed by atoms with van der Waals surface area (Å²) in [6.07, 6.45) is 1.48. The summed E-state index contributed by atoms with van der Waals surface area (Å²) in [5, 5.41) is 11.1. The number of nitrogens with one attached hydrogen (secondary N) is 1. The number of fused-ring (bicyclic) bond motifs is 1. The maximum atomic E-state index is 13.7. The number of carbonyl (C=O) groups excluding carboxylic acids is 2. The number of benzene rings is 2. The zero-order valence-electron chi connectivity index (χ0n) is 18.5. The van der Waals surface area contributed by atoms with Gasteiger partial charge in [-0.3, -0.25) is 14.5 Å². The molecular formula is C24H25N5O4. The van der Waals surface area contributed by atoms with E-state index in [9.17, 15) is 9.59 Å². The molecule has 1 atom stereocenters. The highest BCUT2D eigenvalue weighted by atomic mass is 16.5. The lowest BCUT2D eigenvalue weighted by Crippen LogP contribution is -2.45. The summed E-state index contributed by atoms with van der Waals surface area (Å²) >= 11 is 0. The number of anilines is 1. The van der Waals surface area contributed by atoms with Gasteiger partial charge in [0.1, 0.15) is 17.8 Å². The van der Waals surface area contributed by atoms with Crippen molar-refractivity contribution in [3.05, 3.63) is 78.3 Å². The third-order valence-electron chi connectivity index (χ3n) is 5.21. The number of nitrogens with zero attached hydrogens (tertiary/aromatic N) is 4. The third-order valence-corrected chi connectivity index (χ3v) is 5.21. The van der Waals surface area contributed by atoms with E-state index in [1.54, 1.807) is 19.2 Å². The molecule has 0 aliphatic heterocycles. The van der Waals surface area contributed by atoms with Crippen LogP contribution in [0.5, 0.6) is 0 Å². The molecule has 33 heavy (non-hydrogen) atoms. The van der Waals surface area contributed by atoms with Crippen LogP contribution >= 0.6 is 0 Å². The van der Waals surface area contributed by atoms with E-state index in [4.69, 9.17) is 9.15 Å². The molecule has 9 heteroatoms. The smallest absolute Gasteiger partial charge is 0.251 e. The molecule has 2 aromatic carbocycles. The fourth-order valence-electron chi connectivity index (χ4n) is 3.57. The number of aryl methyl sites for hydroxylation is 1. The van der Waals surface area contributed by atoms with Gasteiger partial charge in [-0.1, -0.05) is 35.0 Å². The summed E-state index contributed by atoms with van der Waals surface area (Å²) in [5.41, 5.74) is 3.02. The van der Waals surface area contributed by atoms with Gasteiger partial charge in [-0.2, -0.15) is 0 Å². The fraction of sp³-hybridized carbons (Fsp3) is 0.250. The van der Waals surface area contributed by atoms with Gasteiger partial charge in [-0.15, -0.1) is 5.10 Å². The maximum Gasteiger partial charge on any atom is 0.251 e. The van der Waals surface area contributed by atoms with Crippen LogP contribution in [0.15, 0.2) is 71.3 Å². The minimum Gasteiger partial charge on any atom is -0.467 e. The van der Waals surface area contributed by atoms with Gasteiger partial charge in [-0.05, 0) is 43.3 Å². The van der Waals surface area contributed by atoms with Gasteiger partial charge in [0.2, 0.25) is 5.91 Å². The molecule has 2 aromatic heterocycles. The number of para-hydroxylation sites is 1. The molecule has 4 aromatic rings. The number of rotatable bonds is 9. The standard InChI is InChI=1S/C24H25N5O4/c1-17-9-11-18(12-10-17)29(22(30)16-28-20-7-4-3-6-19(20)26-27-28)23(21-8-5-14-33-21)24(31)25-13-15-32-2/h3-12,14,23H,13,15-16H2,1-2H3,(H,25,31)/t23-/m0/s1. The first-order chi connectivity index (χ1) is 16.1. The van der Waals surface area contributed by atoms with Crippen LogP contribution in [0.3, 0.4) is 0 Å². The molecule has 2 heterocycles. The molecule has 1 N–H and O–H groups in total. The van der Waals surface area contributed by atoms with Crippen molar-refractivity contribution in [2.75, 3.05) is 25.2 Å². The molecule has 0 aliphatic rings. The van der Waals surface area contributed by atoms with E-state index in [1.165, 1.54) is 15.8 Å². The number of carbonyl (C=O) groups is 2. The summed E-state index contributed by atoms with van der Waals surface area (Å²) in [5.74, 6) is -0.362. The Morgan fingerprint density at radius 2 is 1.91 bits per heavy atom. The molecule has 0 aliphatic carbocycles. The molecule has 0 radical (unpaired) electrons. The third kappa shape index (κ3) is 4.93. The lowest BCUT2D eigenvalue weighted by atomic mass is 10.1. The number of hydrogen-bond acceptors (Lipinski definition) is 6. The van der Waals surface area contributed by atoms with E-state index < -0.39 is 6.04 Å². The topological polar surface area (TPSA) is 102 Å². The van der Waals surface area contributed by atoms with Gasteiger partial charge in [0, 0.05) is 19.3 Å². The van der Waals surface area contributed by atoms with E-state index in [0.717, 1.165) is 11.1 Å². The van der Waals surface area contributed by atoms with Crippen molar-refractivity contribution in [2.24, 2.45) is 0 Å². The summed E-state index contributed by atoms with van der Waals surface area (Å²) in [4.78, 5) is 28.4. The predicted molar refractivity (Wildman–Crippen MR) is 123 cm³/mol. The Balaban J connectivity index is 1.73. The maximum absolute atomic E-state index is 13.7. The number of aromatic nitrogens is 3. The van der Waals surface area contributed by atoms with E-state index in [0.29, 0.717) is 30.1 Å². The zero-order valence-corrected chi connectivity index (χ0v) is 18.5. The van der Waals surface area contributed by atoms with Gasteiger partial charge < -0.3 is 14.5 Å². The van der Waals surface area contributed by atoms with Crippen molar-refractivity contribution in [1.29, 1.82) is 0 Å². The summed E-state index contributed by atoms with van der Waals surface area (Å²) < 4.78 is 12.2. The zero-order chi connectivity index (χ0) is 23.2. The Bertz CT molecular complexity index is 1220. The SMILES string of the molecule is COCCNC(=O)[C@H](c1ccco1)N(C(=O)Cn1nnc2ccccc21)c1ccc(C)cc1. The Hall–Kier alpha value is -3.98. The van der Waals surface area contributed by atoms with Gasteiger partial charge in [-0.25, -0.2) is 4.68 Å². The van der Waals surface area contributed by atoms with Crippen molar-refractivity contribution in [3.8, 4) is 0 Å². The molecule has 9 nitrogen and oxygen atoms in total. The highest BCUT2D eigenvalue weighted by Crippen LogP contribution is 2.29. The van der Waals surface area contributed by atoms with E-state index in [-0.39, 0.29) is 18.4 Å². The van der Waals surface area contributed by atoms with Crippen molar-refractivity contribution >= 4 is 28.5 Å². The average molecular weight is 447 g/mol. The van der Waals surface area contributed by atoms with Crippen LogP contribution in [-0.4, -0.2) is 47.1 Å². The second-order valence-electron chi connectivity index (χ2n) is 7.54. The molecular weight excluding hydrogens is 422 g/mol. The lowest BCUT2D eigenvalue weighted by Gasteiger charge is -2.30. The molecule has 4 rings (SSSR count). The minimum absolute atomic E-state index is 0.100. The number of methoxy groups -OCH3 is 1. The molecule has 0 spiro atoms. The number of amides is 2. The van der Waals surface area contributed by atoms with Crippen molar-refractivity contribution < 1.29 is 18.7 Å². The summed E-state index contributed by atoms with van der Waals surface area (Å²) in [7, 11) is 1.56. The Kier molecular flexibility index (Phi) is 6.80. The first-order valence-electron chi connectivity index (χ1n) is 10.6. The monoisotopic (exact) mass is 447 g/mol. The molecule has 170 valence electrons. The van der Waals surface area contributed by atoms with Gasteiger partial charge in [0.05, 0.1) is 18.4 Å². The quantitative estimate of drug-likeness (QED) is 0.396. The van der Waals surface area contributed by atoms with Gasteiger partial charge in [0.15, 0.2) is 6.04 Å². The van der Waals surface area contributed by atoms with Crippen LogP contribution in [0.1, 0.15) is 17.4 Å². The van der Waals surface area contributed by atoms with Crippen LogP contribution in [0.25, 0.3) is 11.0 Å². The second kappa shape index (κ2) is 10.1. The van der Waals surface area contributed by atoms with Crippen LogP contribution in [0, 0.1) is 6.92 Å². The molecule has 0 fully saturated rings. The Morgan fingerprint density at radius 3 is 2.64 bits per heavy atom. The summed E-state index contributed by atoms with van der Waals surface area (Å²) in [6, 6.07) is 17.2. The van der Waals surface area contributed by atoms with Crippen molar-refractivity contribution in [2.45, 2.75) is 19.5 Å². The normalized spacial score (nSPS) is 11.9. The highest BCUT2D eigenvalue weighted by Gasteiger charge is 2.35. The van der Waals surface area contributed by atoms with E-state index in [1.807, 2.05) is 55.5 Å². The van der Waals surface area contributed by atoms with Crippen LogP contribution in [-0.2, 0) is 20.9 Å². The largest absolute Gasteiger partial charge is 0.467 e. The number of hydrogen-bond donors (Lipinski definition) is 1. The molecule has 0 saturated carbocycles. The first-order valence-corrected chi connectivity index (χ1v) is 10.6. The second-order valence-corrected chi connectivity index (χ2v) is 7.54. The van der Waals surface area contributed by atoms with E-state index in [2.05, 4.69) is 15.6 Å². The number of furan rings is 1. The number of ether oxygens (including phenoxy) is 1. The molecule has 2 amide bonds. The molecule has 0 saturated heterocycles. The lowest BCUT2D eigenvalue weighted by molar-refractivity contribution is -0.127. The van der Waals surface area contributed by atoms with E-state index >= 15 is 0 Å². The van der Waals surface area contributed by atoms with Crippen LogP contribution in [0.4, 0.5) is 5.69 Å². The fourth-order valence-corrected chi connectivity index (χ4v) is 3.57. The van der Waals surface area contributed by atoms with Crippen LogP contribution < -0.4 is 10.2 Å². The average Bonchev–Trinajstić information content (AvgIpc) is 3.49.